The van der Waals surface area contributed by atoms with Crippen molar-refractivity contribution in [1.82, 2.24) is 10.2 Å². The average molecular weight is 339 g/mol. The third kappa shape index (κ3) is 3.78. The Morgan fingerprint density at radius 2 is 2.00 bits per heavy atom. The summed E-state index contributed by atoms with van der Waals surface area (Å²) in [4.78, 5) is 1.57. The summed E-state index contributed by atoms with van der Waals surface area (Å²) in [5, 5.41) is 22.3. The topological polar surface area (TPSA) is 65.0 Å². The average Bonchev–Trinajstić information content (AvgIpc) is 2.50. The number of alkyl halides is 2. The number of hydrogen-bond donors (Lipinski definition) is 3. The van der Waals surface area contributed by atoms with Gasteiger partial charge in [0.2, 0.25) is 0 Å². The summed E-state index contributed by atoms with van der Waals surface area (Å²) < 4.78 is 33.5. The Kier molecular flexibility index (Phi) is 6.80. The van der Waals surface area contributed by atoms with E-state index < -0.39 is 18.6 Å². The molecule has 1 aromatic rings. The Labute approximate surface area is 134 Å². The molecule has 22 heavy (non-hydrogen) atoms. The maximum Gasteiger partial charge on any atom is 0.290 e. The fourth-order valence-electron chi connectivity index (χ4n) is 2.64. The minimum atomic E-state index is -3.36. The zero-order valence-electron chi connectivity index (χ0n) is 12.3. The van der Waals surface area contributed by atoms with Gasteiger partial charge in [0, 0.05) is 31.7 Å². The zero-order chi connectivity index (χ0) is 15.5. The molecular formula is C14H21ClF2N2O3. The van der Waals surface area contributed by atoms with Crippen molar-refractivity contribution in [2.24, 2.45) is 0 Å². The quantitative estimate of drug-likeness (QED) is 0.757. The Balaban J connectivity index is 0.00000242. The molecule has 2 rings (SSSR count). The molecule has 0 spiro atoms. The first-order valence-corrected chi connectivity index (χ1v) is 6.80. The molecule has 1 atom stereocenters. The van der Waals surface area contributed by atoms with Crippen LogP contribution in [0, 0.1) is 0 Å². The molecule has 0 radical (unpaired) electrons. The molecule has 0 aliphatic carbocycles. The van der Waals surface area contributed by atoms with Gasteiger partial charge in [-0.15, -0.1) is 12.4 Å². The van der Waals surface area contributed by atoms with E-state index in [0.29, 0.717) is 26.2 Å². The van der Waals surface area contributed by atoms with E-state index >= 15 is 0 Å². The summed E-state index contributed by atoms with van der Waals surface area (Å²) >= 11 is 0. The van der Waals surface area contributed by atoms with E-state index in [1.807, 2.05) is 0 Å². The van der Waals surface area contributed by atoms with Crippen LogP contribution >= 0.6 is 12.4 Å². The number of piperazine rings is 1. The lowest BCUT2D eigenvalue weighted by Gasteiger charge is -2.39. The number of methoxy groups -OCH3 is 1. The van der Waals surface area contributed by atoms with E-state index in [1.165, 1.54) is 19.2 Å². The third-order valence-corrected chi connectivity index (χ3v) is 3.67. The molecule has 1 saturated heterocycles. The molecule has 126 valence electrons. The normalized spacial score (nSPS) is 17.6. The Bertz CT molecular complexity index is 485. The van der Waals surface area contributed by atoms with Gasteiger partial charge in [0.15, 0.2) is 11.5 Å². The van der Waals surface area contributed by atoms with Gasteiger partial charge in [0.25, 0.3) is 5.92 Å². The van der Waals surface area contributed by atoms with Crippen LogP contribution in [0.5, 0.6) is 11.5 Å². The van der Waals surface area contributed by atoms with Gasteiger partial charge < -0.3 is 20.3 Å². The molecule has 1 fully saturated rings. The fourth-order valence-corrected chi connectivity index (χ4v) is 2.64. The van der Waals surface area contributed by atoms with Crippen molar-refractivity contribution in [3.63, 3.8) is 0 Å². The fraction of sp³-hybridized carbons (Fsp3) is 0.571. The van der Waals surface area contributed by atoms with Crippen molar-refractivity contribution in [1.29, 1.82) is 0 Å². The summed E-state index contributed by atoms with van der Waals surface area (Å²) in [5.74, 6) is -3.53. The number of aliphatic hydroxyl groups is 1. The van der Waals surface area contributed by atoms with E-state index in [9.17, 15) is 13.9 Å². The lowest BCUT2D eigenvalue weighted by Crippen LogP contribution is -2.51. The van der Waals surface area contributed by atoms with E-state index in [4.69, 9.17) is 9.84 Å². The number of para-hydroxylation sites is 1. The van der Waals surface area contributed by atoms with E-state index in [-0.39, 0.29) is 29.5 Å². The molecule has 1 aliphatic heterocycles. The van der Waals surface area contributed by atoms with Gasteiger partial charge in [-0.3, -0.25) is 4.90 Å². The molecule has 5 nitrogen and oxygen atoms in total. The second-order valence-corrected chi connectivity index (χ2v) is 5.01. The number of nitrogens with one attached hydrogen (secondary N) is 1. The number of aliphatic hydroxyl groups excluding tert-OH is 1. The molecular weight excluding hydrogens is 318 g/mol. The monoisotopic (exact) mass is 338 g/mol. The highest BCUT2D eigenvalue weighted by Crippen LogP contribution is 2.43. The molecule has 8 heteroatoms. The lowest BCUT2D eigenvalue weighted by molar-refractivity contribution is -0.119. The van der Waals surface area contributed by atoms with Crippen molar-refractivity contribution < 1.29 is 23.7 Å². The smallest absolute Gasteiger partial charge is 0.290 e. The molecule has 0 saturated carbocycles. The van der Waals surface area contributed by atoms with Crippen molar-refractivity contribution in [2.45, 2.75) is 12.0 Å². The van der Waals surface area contributed by atoms with Gasteiger partial charge in [-0.05, 0) is 6.07 Å². The van der Waals surface area contributed by atoms with Crippen LogP contribution in [-0.4, -0.2) is 60.9 Å². The highest BCUT2D eigenvalue weighted by atomic mass is 35.5. The summed E-state index contributed by atoms with van der Waals surface area (Å²) in [6.07, 6.45) is 0. The molecule has 3 N–H and O–H groups in total. The minimum Gasteiger partial charge on any atom is -0.504 e. The molecule has 0 unspecified atom stereocenters. The Morgan fingerprint density at radius 1 is 1.36 bits per heavy atom. The third-order valence-electron chi connectivity index (χ3n) is 3.67. The number of nitrogens with zero attached hydrogens (tertiary/aromatic N) is 1. The van der Waals surface area contributed by atoms with Gasteiger partial charge in [-0.1, -0.05) is 12.1 Å². The number of hydrogen-bond acceptors (Lipinski definition) is 5. The van der Waals surface area contributed by atoms with Crippen molar-refractivity contribution in [2.75, 3.05) is 39.9 Å². The Morgan fingerprint density at radius 3 is 2.55 bits per heavy atom. The van der Waals surface area contributed by atoms with Crippen LogP contribution in [0.4, 0.5) is 8.78 Å². The number of rotatable bonds is 5. The van der Waals surface area contributed by atoms with Crippen LogP contribution in [0.15, 0.2) is 18.2 Å². The number of benzene rings is 1. The summed E-state index contributed by atoms with van der Waals surface area (Å²) in [6, 6.07) is 3.11. The largest absolute Gasteiger partial charge is 0.504 e. The number of halogens is 3. The zero-order valence-corrected chi connectivity index (χ0v) is 13.1. The highest BCUT2D eigenvalue weighted by Gasteiger charge is 2.45. The van der Waals surface area contributed by atoms with Gasteiger partial charge in [-0.25, -0.2) is 8.78 Å². The number of phenolic OH excluding ortho intramolecular Hbond substituents is 1. The van der Waals surface area contributed by atoms with Gasteiger partial charge in [0.1, 0.15) is 12.6 Å². The van der Waals surface area contributed by atoms with Crippen molar-refractivity contribution in [3.05, 3.63) is 23.8 Å². The second-order valence-electron chi connectivity index (χ2n) is 5.01. The standard InChI is InChI=1S/C14H20F2N2O3.ClH/c1-21-11-4-2-3-10(12(11)20)13(14(15,16)9-19)18-7-5-17-6-8-18;/h2-4,13,17,19-20H,5-9H2,1H3;1H/t13-;/m1./s1. The second kappa shape index (κ2) is 7.92. The van der Waals surface area contributed by atoms with Crippen molar-refractivity contribution >= 4 is 12.4 Å². The first-order chi connectivity index (χ1) is 10.0. The van der Waals surface area contributed by atoms with Crippen LogP contribution < -0.4 is 10.1 Å². The predicted molar refractivity (Wildman–Crippen MR) is 81.1 cm³/mol. The number of aromatic hydroxyl groups is 1. The van der Waals surface area contributed by atoms with Crippen LogP contribution in [0.25, 0.3) is 0 Å². The van der Waals surface area contributed by atoms with E-state index in [2.05, 4.69) is 5.32 Å². The Hall–Kier alpha value is -1.15. The first-order valence-electron chi connectivity index (χ1n) is 6.80. The van der Waals surface area contributed by atoms with Crippen LogP contribution in [-0.2, 0) is 0 Å². The molecule has 0 aromatic heterocycles. The predicted octanol–water partition coefficient (Wildman–Crippen LogP) is 1.40. The lowest BCUT2D eigenvalue weighted by atomic mass is 9.97. The molecule has 1 aliphatic rings. The summed E-state index contributed by atoms with van der Waals surface area (Å²) in [7, 11) is 1.36. The highest BCUT2D eigenvalue weighted by molar-refractivity contribution is 5.85. The van der Waals surface area contributed by atoms with Crippen LogP contribution in [0.1, 0.15) is 11.6 Å². The molecule has 1 heterocycles. The summed E-state index contributed by atoms with van der Waals surface area (Å²) in [5.41, 5.74) is 0.0651. The van der Waals surface area contributed by atoms with E-state index in [0.717, 1.165) is 0 Å². The first kappa shape index (κ1) is 18.9. The minimum absolute atomic E-state index is 0. The van der Waals surface area contributed by atoms with Gasteiger partial charge >= 0.3 is 0 Å². The van der Waals surface area contributed by atoms with Gasteiger partial charge in [0.05, 0.1) is 7.11 Å². The molecule has 1 aromatic carbocycles. The van der Waals surface area contributed by atoms with Gasteiger partial charge in [-0.2, -0.15) is 0 Å². The van der Waals surface area contributed by atoms with E-state index in [1.54, 1.807) is 11.0 Å². The maximum absolute atomic E-state index is 14.2. The number of phenols is 1. The maximum atomic E-state index is 14.2. The molecule has 0 amide bonds. The van der Waals surface area contributed by atoms with Crippen LogP contribution in [0.2, 0.25) is 0 Å². The van der Waals surface area contributed by atoms with Crippen LogP contribution in [0.3, 0.4) is 0 Å². The molecule has 0 bridgehead atoms. The van der Waals surface area contributed by atoms with Crippen molar-refractivity contribution in [3.8, 4) is 11.5 Å². The SMILES string of the molecule is COc1cccc([C@@H](N2CCNCC2)C(F)(F)CO)c1O.Cl. The number of ether oxygens (including phenoxy) is 1. The summed E-state index contributed by atoms with van der Waals surface area (Å²) in [6.45, 7) is 0.720.